The van der Waals surface area contributed by atoms with E-state index < -0.39 is 5.60 Å². The first kappa shape index (κ1) is 21.4. The van der Waals surface area contributed by atoms with Crippen molar-refractivity contribution in [3.8, 4) is 0 Å². The number of nitrogens with zero attached hydrogens (tertiary/aromatic N) is 1. The molecule has 0 bridgehead atoms. The minimum Gasteiger partial charge on any atom is -0.386 e. The number of rotatable bonds is 6. The molecule has 0 spiro atoms. The Kier molecular flexibility index (Phi) is 6.34. The van der Waals surface area contributed by atoms with E-state index in [2.05, 4.69) is 75.7 Å². The van der Waals surface area contributed by atoms with Gasteiger partial charge in [-0.3, -0.25) is 4.90 Å². The molecule has 0 aliphatic rings. The second-order valence-corrected chi connectivity index (χ2v) is 9.38. The van der Waals surface area contributed by atoms with Crippen molar-refractivity contribution in [1.82, 2.24) is 4.90 Å². The van der Waals surface area contributed by atoms with E-state index in [4.69, 9.17) is 0 Å². The van der Waals surface area contributed by atoms with E-state index in [-0.39, 0.29) is 5.41 Å². The predicted octanol–water partition coefficient (Wildman–Crippen LogP) is 5.88. The fraction of sp³-hybridized carbons (Fsp3) is 0.440. The van der Waals surface area contributed by atoms with Gasteiger partial charge in [-0.2, -0.15) is 0 Å². The summed E-state index contributed by atoms with van der Waals surface area (Å²) in [5.41, 5.74) is 6.22. The summed E-state index contributed by atoms with van der Waals surface area (Å²) in [6, 6.07) is 15.2. The van der Waals surface area contributed by atoms with E-state index >= 15 is 0 Å². The molecule has 2 nitrogen and oxygen atoms in total. The van der Waals surface area contributed by atoms with Crippen molar-refractivity contribution < 1.29 is 5.11 Å². The van der Waals surface area contributed by atoms with Crippen molar-refractivity contribution in [3.05, 3.63) is 76.9 Å². The highest BCUT2D eigenvalue weighted by Gasteiger charge is 2.18. The molecule has 2 heteroatoms. The monoisotopic (exact) mass is 365 g/mol. The first-order valence-corrected chi connectivity index (χ1v) is 9.67. The van der Waals surface area contributed by atoms with Gasteiger partial charge in [-0.1, -0.05) is 69.3 Å². The van der Waals surface area contributed by atoms with E-state index in [9.17, 15) is 5.11 Å². The highest BCUT2D eigenvalue weighted by atomic mass is 16.3. The number of benzene rings is 2. The summed E-state index contributed by atoms with van der Waals surface area (Å²) in [5.74, 6) is 0. The smallest absolute Gasteiger partial charge is 0.0840 e. The normalized spacial score (nSPS) is 12.5. The zero-order valence-corrected chi connectivity index (χ0v) is 18.1. The maximum absolute atomic E-state index is 10.4. The van der Waals surface area contributed by atoms with E-state index in [0.717, 1.165) is 29.8 Å². The van der Waals surface area contributed by atoms with Gasteiger partial charge in [0.1, 0.15) is 0 Å². The summed E-state index contributed by atoms with van der Waals surface area (Å²) in [4.78, 5) is 2.30. The molecular formula is C25H35NO. The molecule has 146 valence electrons. The molecule has 2 aromatic rings. The molecule has 0 aliphatic heterocycles. The lowest BCUT2D eigenvalue weighted by molar-refractivity contribution is 0.0784. The lowest BCUT2D eigenvalue weighted by atomic mass is 9.87. The Bertz CT molecular complexity index is 789. The van der Waals surface area contributed by atoms with Crippen LogP contribution < -0.4 is 0 Å². The molecule has 0 aliphatic carbocycles. The van der Waals surface area contributed by atoms with E-state index in [0.29, 0.717) is 0 Å². The maximum Gasteiger partial charge on any atom is 0.0840 e. The largest absolute Gasteiger partial charge is 0.386 e. The summed E-state index contributed by atoms with van der Waals surface area (Å²) in [6.07, 6.45) is 0. The van der Waals surface area contributed by atoms with Crippen LogP contribution in [0.2, 0.25) is 0 Å². The Morgan fingerprint density at radius 2 is 1.44 bits per heavy atom. The van der Waals surface area contributed by atoms with Crippen LogP contribution in [0.1, 0.15) is 69.4 Å². The van der Waals surface area contributed by atoms with Gasteiger partial charge in [-0.05, 0) is 67.1 Å². The first-order valence-electron chi connectivity index (χ1n) is 9.67. The fourth-order valence-corrected chi connectivity index (χ4v) is 3.17. The average molecular weight is 366 g/mol. The second kappa shape index (κ2) is 8.00. The molecule has 0 atom stereocenters. The third-order valence-electron chi connectivity index (χ3n) is 4.92. The standard InChI is InChI=1S/C25H35NO/c1-18(2)21-13-20(14-23(15-21)25(6,7)27)17-26(8)16-19-9-11-22(12-10-19)24(3,4)5/h9-15,27H,1,16-17H2,2-8H3. The van der Waals surface area contributed by atoms with E-state index in [1.165, 1.54) is 16.7 Å². The lowest BCUT2D eigenvalue weighted by Gasteiger charge is -2.23. The van der Waals surface area contributed by atoms with Crippen LogP contribution in [0.25, 0.3) is 5.57 Å². The maximum atomic E-state index is 10.4. The summed E-state index contributed by atoms with van der Waals surface area (Å²) >= 11 is 0. The van der Waals surface area contributed by atoms with Crippen LogP contribution in [-0.2, 0) is 24.1 Å². The number of hydrogen-bond donors (Lipinski definition) is 1. The highest BCUT2D eigenvalue weighted by Crippen LogP contribution is 2.26. The van der Waals surface area contributed by atoms with Crippen LogP contribution in [-0.4, -0.2) is 17.1 Å². The zero-order chi connectivity index (χ0) is 20.4. The summed E-state index contributed by atoms with van der Waals surface area (Å²) in [6.45, 7) is 18.2. The van der Waals surface area contributed by atoms with Crippen molar-refractivity contribution in [3.63, 3.8) is 0 Å². The van der Waals surface area contributed by atoms with Gasteiger partial charge in [0.15, 0.2) is 0 Å². The van der Waals surface area contributed by atoms with Gasteiger partial charge < -0.3 is 5.11 Å². The minimum atomic E-state index is -0.860. The molecule has 0 fully saturated rings. The van der Waals surface area contributed by atoms with Crippen molar-refractivity contribution >= 4 is 5.57 Å². The summed E-state index contributed by atoms with van der Waals surface area (Å²) in [7, 11) is 2.13. The van der Waals surface area contributed by atoms with Crippen LogP contribution in [0, 0.1) is 0 Å². The molecule has 0 amide bonds. The molecule has 1 N–H and O–H groups in total. The number of allylic oxidation sites excluding steroid dienone is 1. The number of aliphatic hydroxyl groups is 1. The Hall–Kier alpha value is -1.90. The van der Waals surface area contributed by atoms with Gasteiger partial charge in [-0.15, -0.1) is 0 Å². The third kappa shape index (κ3) is 6.05. The van der Waals surface area contributed by atoms with Crippen LogP contribution in [0.15, 0.2) is 49.0 Å². The molecule has 2 rings (SSSR count). The molecule has 0 radical (unpaired) electrons. The Labute approximate surface area is 165 Å². The molecule has 2 aromatic carbocycles. The molecule has 0 saturated heterocycles. The predicted molar refractivity (Wildman–Crippen MR) is 117 cm³/mol. The quantitative estimate of drug-likeness (QED) is 0.691. The molecule has 0 aromatic heterocycles. The van der Waals surface area contributed by atoms with E-state index in [1.54, 1.807) is 0 Å². The molecule has 0 saturated carbocycles. The van der Waals surface area contributed by atoms with Crippen LogP contribution in [0.3, 0.4) is 0 Å². The third-order valence-corrected chi connectivity index (χ3v) is 4.92. The Balaban J connectivity index is 2.16. The van der Waals surface area contributed by atoms with Crippen molar-refractivity contribution in [2.75, 3.05) is 7.05 Å². The molecule has 0 heterocycles. The lowest BCUT2D eigenvalue weighted by Crippen LogP contribution is -2.20. The van der Waals surface area contributed by atoms with Gasteiger partial charge >= 0.3 is 0 Å². The SMILES string of the molecule is C=C(C)c1cc(CN(C)Cc2ccc(C(C)(C)C)cc2)cc(C(C)(C)O)c1. The van der Waals surface area contributed by atoms with Gasteiger partial charge in [0.2, 0.25) is 0 Å². The fourth-order valence-electron chi connectivity index (χ4n) is 3.17. The van der Waals surface area contributed by atoms with E-state index in [1.807, 2.05) is 26.8 Å². The topological polar surface area (TPSA) is 23.5 Å². The Morgan fingerprint density at radius 1 is 0.889 bits per heavy atom. The van der Waals surface area contributed by atoms with Crippen LogP contribution >= 0.6 is 0 Å². The molecule has 0 unspecified atom stereocenters. The summed E-state index contributed by atoms with van der Waals surface area (Å²) in [5, 5.41) is 10.4. The second-order valence-electron chi connectivity index (χ2n) is 9.38. The first-order chi connectivity index (χ1) is 12.4. The van der Waals surface area contributed by atoms with Crippen LogP contribution in [0.4, 0.5) is 0 Å². The summed E-state index contributed by atoms with van der Waals surface area (Å²) < 4.78 is 0. The average Bonchev–Trinajstić information content (AvgIpc) is 2.53. The minimum absolute atomic E-state index is 0.181. The van der Waals surface area contributed by atoms with Crippen molar-refractivity contribution in [2.24, 2.45) is 0 Å². The van der Waals surface area contributed by atoms with Gasteiger partial charge in [0.05, 0.1) is 5.60 Å². The van der Waals surface area contributed by atoms with Gasteiger partial charge in [0, 0.05) is 13.1 Å². The highest BCUT2D eigenvalue weighted by molar-refractivity contribution is 5.63. The molecular weight excluding hydrogens is 330 g/mol. The van der Waals surface area contributed by atoms with Gasteiger partial charge in [0.25, 0.3) is 0 Å². The van der Waals surface area contributed by atoms with Crippen LogP contribution in [0.5, 0.6) is 0 Å². The number of hydrogen-bond acceptors (Lipinski definition) is 2. The Morgan fingerprint density at radius 3 is 1.93 bits per heavy atom. The van der Waals surface area contributed by atoms with Gasteiger partial charge in [-0.25, -0.2) is 0 Å². The van der Waals surface area contributed by atoms with Crippen molar-refractivity contribution in [1.29, 1.82) is 0 Å². The zero-order valence-electron chi connectivity index (χ0n) is 18.1. The van der Waals surface area contributed by atoms with Crippen molar-refractivity contribution in [2.45, 2.75) is 65.6 Å². The molecule has 27 heavy (non-hydrogen) atoms.